The Kier molecular flexibility index (Phi) is 4.38. The third kappa shape index (κ3) is 2.99. The van der Waals surface area contributed by atoms with Crippen LogP contribution in [0.2, 0.25) is 0 Å². The second-order valence-electron chi connectivity index (χ2n) is 8.47. The minimum absolute atomic E-state index is 0.592. The highest BCUT2D eigenvalue weighted by Crippen LogP contribution is 2.38. The highest BCUT2D eigenvalue weighted by atomic mass is 15.1. The molecular formula is C29H17N7. The second kappa shape index (κ2) is 7.86. The third-order valence-electron chi connectivity index (χ3n) is 6.47. The summed E-state index contributed by atoms with van der Waals surface area (Å²) in [5, 5.41) is 11.6. The molecule has 0 unspecified atom stereocenters. The number of rotatable bonds is 3. The molecule has 0 fully saturated rings. The van der Waals surface area contributed by atoms with E-state index in [-0.39, 0.29) is 0 Å². The van der Waals surface area contributed by atoms with Crippen LogP contribution >= 0.6 is 0 Å². The minimum atomic E-state index is 0.592. The summed E-state index contributed by atoms with van der Waals surface area (Å²) in [5.41, 5.74) is 7.40. The van der Waals surface area contributed by atoms with Gasteiger partial charge in [0.25, 0.3) is 0 Å². The number of para-hydroxylation sites is 2. The maximum absolute atomic E-state index is 9.55. The average molecular weight is 464 g/mol. The lowest BCUT2D eigenvalue weighted by molar-refractivity contribution is 1.05. The van der Waals surface area contributed by atoms with Crippen molar-refractivity contribution in [1.82, 2.24) is 29.1 Å². The summed E-state index contributed by atoms with van der Waals surface area (Å²) >= 11 is 0. The Labute approximate surface area is 205 Å². The van der Waals surface area contributed by atoms with E-state index in [4.69, 9.17) is 4.98 Å². The Morgan fingerprint density at radius 2 is 1.53 bits per heavy atom. The molecule has 0 aliphatic rings. The quantitative estimate of drug-likeness (QED) is 0.328. The molecule has 168 valence electrons. The summed E-state index contributed by atoms with van der Waals surface area (Å²) in [5.74, 6) is 0.592. The Morgan fingerprint density at radius 1 is 0.694 bits per heavy atom. The van der Waals surface area contributed by atoms with Gasteiger partial charge in [0.1, 0.15) is 19.0 Å². The molecular weight excluding hydrogens is 446 g/mol. The predicted octanol–water partition coefficient (Wildman–Crippen LogP) is 5.85. The Morgan fingerprint density at radius 3 is 2.36 bits per heavy atom. The van der Waals surface area contributed by atoms with Crippen LogP contribution in [0.3, 0.4) is 0 Å². The molecule has 7 rings (SSSR count). The first-order valence-corrected chi connectivity index (χ1v) is 11.4. The summed E-state index contributed by atoms with van der Waals surface area (Å²) in [7, 11) is 0. The molecule has 7 aromatic rings. The fourth-order valence-electron chi connectivity index (χ4n) is 4.90. The zero-order chi connectivity index (χ0) is 24.1. The van der Waals surface area contributed by atoms with Crippen LogP contribution in [0.5, 0.6) is 0 Å². The lowest BCUT2D eigenvalue weighted by atomic mass is 10.1. The van der Waals surface area contributed by atoms with Gasteiger partial charge in [0.15, 0.2) is 5.82 Å². The molecule has 3 heterocycles. The van der Waals surface area contributed by atoms with Crippen molar-refractivity contribution in [3.63, 3.8) is 0 Å². The van der Waals surface area contributed by atoms with Gasteiger partial charge in [0.05, 0.1) is 33.7 Å². The lowest BCUT2D eigenvalue weighted by Crippen LogP contribution is -1.98. The Balaban J connectivity index is 1.54. The molecule has 0 bridgehead atoms. The first-order valence-electron chi connectivity index (χ1n) is 11.4. The lowest BCUT2D eigenvalue weighted by Gasteiger charge is -2.11. The highest BCUT2D eigenvalue weighted by molar-refractivity contribution is 6.13. The van der Waals surface area contributed by atoms with Gasteiger partial charge in [-0.3, -0.25) is 4.57 Å². The molecule has 0 aliphatic carbocycles. The Hall–Kier alpha value is -5.35. The largest absolute Gasteiger partial charge is 0.308 e. The van der Waals surface area contributed by atoms with Crippen molar-refractivity contribution >= 4 is 32.8 Å². The SMILES string of the molecule is N#Cc1ccc2c(c1)c1cccc(-c3ncncn3)c1n2-c1ccc2c(c1)ncn2-c1ccccc1. The van der Waals surface area contributed by atoms with Gasteiger partial charge in [0.2, 0.25) is 0 Å². The van der Waals surface area contributed by atoms with Crippen LogP contribution in [0.1, 0.15) is 5.56 Å². The van der Waals surface area contributed by atoms with Crippen LogP contribution < -0.4 is 0 Å². The number of hydrogen-bond acceptors (Lipinski definition) is 5. The summed E-state index contributed by atoms with van der Waals surface area (Å²) < 4.78 is 4.28. The first kappa shape index (κ1) is 20.1. The molecule has 0 saturated carbocycles. The van der Waals surface area contributed by atoms with Crippen molar-refractivity contribution in [2.75, 3.05) is 0 Å². The number of nitriles is 1. The van der Waals surface area contributed by atoms with Gasteiger partial charge >= 0.3 is 0 Å². The molecule has 0 saturated heterocycles. The predicted molar refractivity (Wildman–Crippen MR) is 139 cm³/mol. The van der Waals surface area contributed by atoms with E-state index in [9.17, 15) is 5.26 Å². The van der Waals surface area contributed by atoms with Crippen molar-refractivity contribution in [3.8, 4) is 28.8 Å². The van der Waals surface area contributed by atoms with E-state index in [1.807, 2.05) is 54.9 Å². The number of hydrogen-bond donors (Lipinski definition) is 0. The fraction of sp³-hybridized carbons (Fsp3) is 0. The highest BCUT2D eigenvalue weighted by Gasteiger charge is 2.18. The number of aromatic nitrogens is 6. The van der Waals surface area contributed by atoms with Crippen LogP contribution in [-0.2, 0) is 0 Å². The van der Waals surface area contributed by atoms with Gasteiger partial charge in [-0.2, -0.15) is 5.26 Å². The van der Waals surface area contributed by atoms with Crippen LogP contribution in [0.15, 0.2) is 104 Å². The maximum atomic E-state index is 9.55. The zero-order valence-corrected chi connectivity index (χ0v) is 18.9. The van der Waals surface area contributed by atoms with E-state index in [2.05, 4.69) is 66.6 Å². The van der Waals surface area contributed by atoms with E-state index in [0.29, 0.717) is 11.4 Å². The van der Waals surface area contributed by atoms with Gasteiger partial charge < -0.3 is 4.57 Å². The summed E-state index contributed by atoms with van der Waals surface area (Å²) in [4.78, 5) is 17.5. The van der Waals surface area contributed by atoms with Crippen LogP contribution in [0.4, 0.5) is 0 Å². The summed E-state index contributed by atoms with van der Waals surface area (Å²) in [6, 6.07) is 30.6. The molecule has 3 aromatic heterocycles. The zero-order valence-electron chi connectivity index (χ0n) is 18.9. The van der Waals surface area contributed by atoms with Crippen LogP contribution in [0, 0.1) is 11.3 Å². The van der Waals surface area contributed by atoms with Crippen molar-refractivity contribution < 1.29 is 0 Å². The molecule has 0 atom stereocenters. The van der Waals surface area contributed by atoms with Crippen LogP contribution in [-0.4, -0.2) is 29.1 Å². The normalized spacial score (nSPS) is 11.3. The van der Waals surface area contributed by atoms with Crippen molar-refractivity contribution in [2.24, 2.45) is 0 Å². The van der Waals surface area contributed by atoms with Gasteiger partial charge in [-0.25, -0.2) is 19.9 Å². The molecule has 0 spiro atoms. The number of fused-ring (bicyclic) bond motifs is 4. The molecule has 7 nitrogen and oxygen atoms in total. The maximum Gasteiger partial charge on any atom is 0.164 e. The topological polar surface area (TPSA) is 85.2 Å². The van der Waals surface area contributed by atoms with Crippen LogP contribution in [0.25, 0.3) is 55.6 Å². The Bertz CT molecular complexity index is 1950. The monoisotopic (exact) mass is 463 g/mol. The van der Waals surface area contributed by atoms with E-state index < -0.39 is 0 Å². The van der Waals surface area contributed by atoms with Gasteiger partial charge in [0, 0.05) is 27.7 Å². The van der Waals surface area contributed by atoms with Gasteiger partial charge in [-0.15, -0.1) is 0 Å². The van der Waals surface area contributed by atoms with E-state index in [1.54, 1.807) is 0 Å². The standard InChI is InChI=1S/C29H17N7/c30-15-19-9-11-26-24(13-19)22-7-4-8-23(29-32-16-31-17-33-29)28(22)36(26)21-10-12-27-25(14-21)34-18-35(27)20-5-2-1-3-6-20/h1-14,16-18H. The minimum Gasteiger partial charge on any atom is -0.308 e. The molecule has 0 radical (unpaired) electrons. The van der Waals surface area contributed by atoms with Crippen molar-refractivity contribution in [3.05, 3.63) is 109 Å². The first-order chi connectivity index (χ1) is 17.8. The smallest absolute Gasteiger partial charge is 0.164 e. The summed E-state index contributed by atoms with van der Waals surface area (Å²) in [6.07, 6.45) is 4.86. The molecule has 4 aromatic carbocycles. The van der Waals surface area contributed by atoms with Crippen molar-refractivity contribution in [2.45, 2.75) is 0 Å². The van der Waals surface area contributed by atoms with E-state index in [0.717, 1.165) is 49.8 Å². The molecule has 0 N–H and O–H groups in total. The number of imidazole rings is 1. The second-order valence-corrected chi connectivity index (χ2v) is 8.47. The van der Waals surface area contributed by atoms with Gasteiger partial charge in [-0.1, -0.05) is 30.3 Å². The number of nitrogens with zero attached hydrogens (tertiary/aromatic N) is 7. The molecule has 0 aliphatic heterocycles. The van der Waals surface area contributed by atoms with Gasteiger partial charge in [-0.05, 0) is 54.6 Å². The fourth-order valence-corrected chi connectivity index (χ4v) is 4.90. The van der Waals surface area contributed by atoms with E-state index >= 15 is 0 Å². The molecule has 36 heavy (non-hydrogen) atoms. The average Bonchev–Trinajstić information content (AvgIpc) is 3.52. The molecule has 0 amide bonds. The number of benzene rings is 4. The van der Waals surface area contributed by atoms with E-state index in [1.165, 1.54) is 12.7 Å². The summed E-state index contributed by atoms with van der Waals surface area (Å²) in [6.45, 7) is 0. The van der Waals surface area contributed by atoms with Crippen molar-refractivity contribution in [1.29, 1.82) is 5.26 Å². The third-order valence-corrected chi connectivity index (χ3v) is 6.47. The molecule has 7 heteroatoms.